The molecule has 0 aliphatic carbocycles. The first kappa shape index (κ1) is 10.8. The van der Waals surface area contributed by atoms with Crippen LogP contribution in [0.4, 0.5) is 5.69 Å². The monoisotopic (exact) mass is 250 g/mol. The number of nitrogens with zero attached hydrogens (tertiary/aromatic N) is 1. The molecule has 2 aromatic carbocycles. The maximum Gasteiger partial charge on any atom is 0.124 e. The van der Waals surface area contributed by atoms with E-state index in [2.05, 4.69) is 17.0 Å². The van der Waals surface area contributed by atoms with Crippen LogP contribution in [0, 0.1) is 12.3 Å². The van der Waals surface area contributed by atoms with Crippen LogP contribution in [-0.4, -0.2) is 4.98 Å². The third kappa shape index (κ3) is 1.73. The third-order valence-electron chi connectivity index (χ3n) is 2.75. The number of rotatable bonds is 1. The Bertz CT molecular complexity index is 733. The molecule has 0 unspecified atom stereocenters. The van der Waals surface area contributed by atoms with Crippen molar-refractivity contribution in [2.75, 3.05) is 5.73 Å². The van der Waals surface area contributed by atoms with E-state index in [1.54, 1.807) is 11.3 Å². The maximum atomic E-state index is 5.79. The molecule has 0 bridgehead atoms. The zero-order chi connectivity index (χ0) is 12.5. The second-order valence-corrected chi connectivity index (χ2v) is 4.96. The summed E-state index contributed by atoms with van der Waals surface area (Å²) in [6, 6.07) is 13.8. The lowest BCUT2D eigenvalue weighted by Gasteiger charge is -2.00. The van der Waals surface area contributed by atoms with E-state index >= 15 is 0 Å². The van der Waals surface area contributed by atoms with Gasteiger partial charge in [-0.3, -0.25) is 0 Å². The van der Waals surface area contributed by atoms with E-state index in [0.717, 1.165) is 16.1 Å². The molecule has 2 nitrogen and oxygen atoms in total. The molecule has 3 rings (SSSR count). The minimum Gasteiger partial charge on any atom is -0.398 e. The van der Waals surface area contributed by atoms with Crippen LogP contribution < -0.4 is 5.73 Å². The van der Waals surface area contributed by atoms with Crippen LogP contribution in [-0.2, 0) is 0 Å². The van der Waals surface area contributed by atoms with Crippen LogP contribution in [0.1, 0.15) is 5.56 Å². The fraction of sp³-hybridized carbons (Fsp3) is 0. The van der Waals surface area contributed by atoms with Gasteiger partial charge in [0.25, 0.3) is 0 Å². The Labute approximate surface area is 109 Å². The standard InChI is InChI=1S/C15H10N2S/c1-2-10-9-11(7-8-12(10)16)15-17-13-5-3-4-6-14(13)18-15/h1,3-9H,16H2. The molecule has 0 fully saturated rings. The van der Waals surface area contributed by atoms with Gasteiger partial charge in [-0.25, -0.2) is 4.98 Å². The molecule has 0 saturated carbocycles. The predicted molar refractivity (Wildman–Crippen MR) is 77.4 cm³/mol. The lowest BCUT2D eigenvalue weighted by Crippen LogP contribution is -1.90. The largest absolute Gasteiger partial charge is 0.398 e. The molecule has 3 aromatic rings. The van der Waals surface area contributed by atoms with Crippen molar-refractivity contribution in [3.8, 4) is 22.9 Å². The second-order valence-electron chi connectivity index (χ2n) is 3.93. The molecule has 1 aromatic heterocycles. The molecular weight excluding hydrogens is 240 g/mol. The Hall–Kier alpha value is -2.31. The molecule has 86 valence electrons. The highest BCUT2D eigenvalue weighted by atomic mass is 32.1. The highest BCUT2D eigenvalue weighted by Crippen LogP contribution is 2.31. The van der Waals surface area contributed by atoms with Crippen LogP contribution in [0.5, 0.6) is 0 Å². The molecule has 0 amide bonds. The number of hydrogen-bond acceptors (Lipinski definition) is 3. The van der Waals surface area contributed by atoms with Crippen molar-refractivity contribution in [1.82, 2.24) is 4.98 Å². The average Bonchev–Trinajstić information content (AvgIpc) is 2.83. The smallest absolute Gasteiger partial charge is 0.124 e. The van der Waals surface area contributed by atoms with Crippen molar-refractivity contribution in [2.45, 2.75) is 0 Å². The van der Waals surface area contributed by atoms with Crippen LogP contribution in [0.15, 0.2) is 42.5 Å². The zero-order valence-corrected chi connectivity index (χ0v) is 10.4. The van der Waals surface area contributed by atoms with Gasteiger partial charge in [-0.15, -0.1) is 17.8 Å². The molecule has 0 radical (unpaired) electrons. The number of anilines is 1. The number of hydrogen-bond donors (Lipinski definition) is 1. The normalized spacial score (nSPS) is 10.4. The van der Waals surface area contributed by atoms with Crippen LogP contribution >= 0.6 is 11.3 Å². The Morgan fingerprint density at radius 2 is 2.00 bits per heavy atom. The minimum atomic E-state index is 0.627. The SMILES string of the molecule is C#Cc1cc(-c2nc3ccccc3s2)ccc1N. The number of fused-ring (bicyclic) bond motifs is 1. The number of terminal acetylenes is 1. The van der Waals surface area contributed by atoms with E-state index in [-0.39, 0.29) is 0 Å². The fourth-order valence-corrected chi connectivity index (χ4v) is 2.77. The summed E-state index contributed by atoms with van der Waals surface area (Å²) in [5.74, 6) is 2.59. The fourth-order valence-electron chi connectivity index (χ4n) is 1.81. The van der Waals surface area contributed by atoms with Gasteiger partial charge in [-0.1, -0.05) is 18.1 Å². The molecular formula is C15H10N2S. The molecule has 0 aliphatic rings. The van der Waals surface area contributed by atoms with Gasteiger partial charge in [0.05, 0.1) is 10.2 Å². The van der Waals surface area contributed by atoms with Gasteiger partial charge in [0.15, 0.2) is 0 Å². The average molecular weight is 250 g/mol. The summed E-state index contributed by atoms with van der Waals surface area (Å²) in [6.07, 6.45) is 5.43. The number of benzene rings is 2. The molecule has 2 N–H and O–H groups in total. The lowest BCUT2D eigenvalue weighted by atomic mass is 10.1. The summed E-state index contributed by atoms with van der Waals surface area (Å²) in [4.78, 5) is 4.60. The highest BCUT2D eigenvalue weighted by molar-refractivity contribution is 7.21. The van der Waals surface area contributed by atoms with Crippen molar-refractivity contribution in [1.29, 1.82) is 0 Å². The predicted octanol–water partition coefficient (Wildman–Crippen LogP) is 3.53. The maximum absolute atomic E-state index is 5.79. The summed E-state index contributed by atoms with van der Waals surface area (Å²) >= 11 is 1.65. The van der Waals surface area contributed by atoms with Gasteiger partial charge < -0.3 is 5.73 Å². The van der Waals surface area contributed by atoms with Gasteiger partial charge >= 0.3 is 0 Å². The number of nitrogens with two attached hydrogens (primary N) is 1. The van der Waals surface area contributed by atoms with E-state index < -0.39 is 0 Å². The van der Waals surface area contributed by atoms with Crippen LogP contribution in [0.3, 0.4) is 0 Å². The topological polar surface area (TPSA) is 38.9 Å². The minimum absolute atomic E-state index is 0.627. The van der Waals surface area contributed by atoms with Crippen molar-refractivity contribution in [3.63, 3.8) is 0 Å². The first-order valence-corrected chi connectivity index (χ1v) is 6.31. The van der Waals surface area contributed by atoms with Crippen molar-refractivity contribution >= 4 is 27.2 Å². The molecule has 0 spiro atoms. The number of aromatic nitrogens is 1. The van der Waals surface area contributed by atoms with E-state index in [9.17, 15) is 0 Å². The summed E-state index contributed by atoms with van der Waals surface area (Å²) in [5, 5.41) is 0.965. The van der Waals surface area contributed by atoms with E-state index in [1.807, 2.05) is 36.4 Å². The first-order chi connectivity index (χ1) is 8.78. The number of thiazole rings is 1. The Morgan fingerprint density at radius 1 is 1.17 bits per heavy atom. The summed E-state index contributed by atoms with van der Waals surface area (Å²) in [6.45, 7) is 0. The van der Waals surface area contributed by atoms with E-state index in [4.69, 9.17) is 12.2 Å². The second kappa shape index (κ2) is 4.17. The highest BCUT2D eigenvalue weighted by Gasteiger charge is 2.07. The van der Waals surface area contributed by atoms with Crippen LogP contribution in [0.2, 0.25) is 0 Å². The molecule has 3 heteroatoms. The van der Waals surface area contributed by atoms with Crippen molar-refractivity contribution < 1.29 is 0 Å². The van der Waals surface area contributed by atoms with Gasteiger partial charge in [-0.2, -0.15) is 0 Å². The van der Waals surface area contributed by atoms with E-state index in [1.165, 1.54) is 4.70 Å². The Kier molecular flexibility index (Phi) is 2.51. The Morgan fingerprint density at radius 3 is 2.78 bits per heavy atom. The summed E-state index contributed by atoms with van der Waals surface area (Å²) in [5.41, 5.74) is 9.16. The third-order valence-corrected chi connectivity index (χ3v) is 3.84. The van der Waals surface area contributed by atoms with Gasteiger partial charge in [0, 0.05) is 16.8 Å². The molecule has 0 aliphatic heterocycles. The first-order valence-electron chi connectivity index (χ1n) is 5.50. The summed E-state index contributed by atoms with van der Waals surface area (Å²) in [7, 11) is 0. The molecule has 0 atom stereocenters. The van der Waals surface area contributed by atoms with Crippen LogP contribution in [0.25, 0.3) is 20.8 Å². The van der Waals surface area contributed by atoms with Gasteiger partial charge in [0.2, 0.25) is 0 Å². The number of nitrogen functional groups attached to an aromatic ring is 1. The molecule has 18 heavy (non-hydrogen) atoms. The molecule has 1 heterocycles. The quantitative estimate of drug-likeness (QED) is 0.530. The van der Waals surface area contributed by atoms with Crippen molar-refractivity contribution in [2.24, 2.45) is 0 Å². The number of para-hydroxylation sites is 1. The lowest BCUT2D eigenvalue weighted by molar-refractivity contribution is 1.47. The van der Waals surface area contributed by atoms with Crippen molar-refractivity contribution in [3.05, 3.63) is 48.0 Å². The molecule has 0 saturated heterocycles. The van der Waals surface area contributed by atoms with Gasteiger partial charge in [0.1, 0.15) is 5.01 Å². The van der Waals surface area contributed by atoms with E-state index in [0.29, 0.717) is 11.3 Å². The van der Waals surface area contributed by atoms with Gasteiger partial charge in [-0.05, 0) is 30.3 Å². The summed E-state index contributed by atoms with van der Waals surface area (Å²) < 4.78 is 1.17. The Balaban J connectivity index is 2.17. The zero-order valence-electron chi connectivity index (χ0n) is 9.55.